The first-order chi connectivity index (χ1) is 15.5. The number of morpholine rings is 1. The van der Waals surface area contributed by atoms with E-state index in [1.165, 1.54) is 11.8 Å². The summed E-state index contributed by atoms with van der Waals surface area (Å²) < 4.78 is 7.74. The summed E-state index contributed by atoms with van der Waals surface area (Å²) in [4.78, 5) is 28.2. The summed E-state index contributed by atoms with van der Waals surface area (Å²) in [6, 6.07) is 17.9. The highest BCUT2D eigenvalue weighted by Crippen LogP contribution is 2.30. The van der Waals surface area contributed by atoms with E-state index >= 15 is 0 Å². The first-order valence-corrected chi connectivity index (χ1v) is 11.9. The fourth-order valence-electron chi connectivity index (χ4n) is 4.08. The number of carbonyl (C=O) groups is 2. The number of hydrogen-bond donors (Lipinski definition) is 1. The topological polar surface area (TPSA) is 63.6 Å². The second kappa shape index (κ2) is 10.2. The van der Waals surface area contributed by atoms with Crippen molar-refractivity contribution in [2.24, 2.45) is 0 Å². The third-order valence-corrected chi connectivity index (χ3v) is 6.56. The van der Waals surface area contributed by atoms with E-state index in [1.807, 2.05) is 84.1 Å². The highest BCUT2D eigenvalue weighted by Gasteiger charge is 2.26. The molecule has 1 saturated heterocycles. The molecule has 1 aromatic heterocycles. The van der Waals surface area contributed by atoms with Gasteiger partial charge in [-0.1, -0.05) is 48.5 Å². The largest absolute Gasteiger partial charge is 0.372 e. The fraction of sp³-hybridized carbons (Fsp3) is 0.360. The van der Waals surface area contributed by atoms with Crippen LogP contribution in [0.3, 0.4) is 0 Å². The van der Waals surface area contributed by atoms with Gasteiger partial charge in [0.1, 0.15) is 6.54 Å². The standard InChI is InChI=1S/C25H29N3O3S/c1-18-13-28(14-19(2)31-18)25(30)16-27-15-23(21-10-6-7-11-22(21)27)32-17-24(29)26-12-20-8-4-3-5-9-20/h3-11,15,18-19H,12-14,16-17H2,1-2H3,(H,26,29)/t18-,19+. The van der Waals surface area contributed by atoms with E-state index in [0.29, 0.717) is 25.4 Å². The zero-order chi connectivity index (χ0) is 22.5. The molecule has 4 rings (SSSR count). The van der Waals surface area contributed by atoms with Crippen molar-refractivity contribution in [1.82, 2.24) is 14.8 Å². The van der Waals surface area contributed by atoms with Crippen LogP contribution >= 0.6 is 11.8 Å². The third kappa shape index (κ3) is 5.53. The van der Waals surface area contributed by atoms with Crippen LogP contribution < -0.4 is 5.32 Å². The van der Waals surface area contributed by atoms with Crippen molar-refractivity contribution in [3.05, 3.63) is 66.4 Å². The van der Waals surface area contributed by atoms with Crippen molar-refractivity contribution in [1.29, 1.82) is 0 Å². The molecular weight excluding hydrogens is 422 g/mol. The Morgan fingerprint density at radius 2 is 1.72 bits per heavy atom. The number of benzene rings is 2. The monoisotopic (exact) mass is 451 g/mol. The Kier molecular flexibility index (Phi) is 7.17. The fourth-order valence-corrected chi connectivity index (χ4v) is 5.00. The summed E-state index contributed by atoms with van der Waals surface area (Å²) in [5.74, 6) is 0.403. The number of rotatable bonds is 7. The van der Waals surface area contributed by atoms with Crippen molar-refractivity contribution >= 4 is 34.5 Å². The van der Waals surface area contributed by atoms with Crippen LogP contribution in [0.15, 0.2) is 65.7 Å². The van der Waals surface area contributed by atoms with Gasteiger partial charge in [0.05, 0.1) is 18.0 Å². The van der Waals surface area contributed by atoms with Gasteiger partial charge in [0.15, 0.2) is 0 Å². The molecule has 0 spiro atoms. The van der Waals surface area contributed by atoms with E-state index in [0.717, 1.165) is 21.4 Å². The number of carbonyl (C=O) groups excluding carboxylic acids is 2. The molecule has 1 aliphatic rings. The van der Waals surface area contributed by atoms with Crippen LogP contribution in [-0.4, -0.2) is 52.3 Å². The Morgan fingerprint density at radius 1 is 1.03 bits per heavy atom. The summed E-state index contributed by atoms with van der Waals surface area (Å²) in [5, 5.41) is 4.03. The van der Waals surface area contributed by atoms with E-state index in [2.05, 4.69) is 5.32 Å². The molecule has 1 aliphatic heterocycles. The first-order valence-electron chi connectivity index (χ1n) is 10.9. The van der Waals surface area contributed by atoms with Gasteiger partial charge < -0.3 is 19.5 Å². The molecule has 1 fully saturated rings. The number of para-hydroxylation sites is 1. The van der Waals surface area contributed by atoms with Crippen molar-refractivity contribution < 1.29 is 14.3 Å². The highest BCUT2D eigenvalue weighted by atomic mass is 32.2. The van der Waals surface area contributed by atoms with Crippen LogP contribution in [0.5, 0.6) is 0 Å². The minimum absolute atomic E-state index is 0.0111. The van der Waals surface area contributed by atoms with Gasteiger partial charge in [0, 0.05) is 41.6 Å². The highest BCUT2D eigenvalue weighted by molar-refractivity contribution is 8.00. The van der Waals surface area contributed by atoms with Gasteiger partial charge in [-0.3, -0.25) is 9.59 Å². The quantitative estimate of drug-likeness (QED) is 0.557. The maximum Gasteiger partial charge on any atom is 0.242 e. The number of ether oxygens (including phenoxy) is 1. The Balaban J connectivity index is 1.41. The molecule has 0 unspecified atom stereocenters. The molecule has 0 aliphatic carbocycles. The Morgan fingerprint density at radius 3 is 2.47 bits per heavy atom. The lowest BCUT2D eigenvalue weighted by Gasteiger charge is -2.35. The molecule has 7 heteroatoms. The Hall–Kier alpha value is -2.77. The molecule has 2 atom stereocenters. The van der Waals surface area contributed by atoms with Gasteiger partial charge >= 0.3 is 0 Å². The number of aromatic nitrogens is 1. The number of thioether (sulfide) groups is 1. The number of nitrogens with zero attached hydrogens (tertiary/aromatic N) is 2. The van der Waals surface area contributed by atoms with Gasteiger partial charge in [-0.2, -0.15) is 0 Å². The molecule has 168 valence electrons. The second-order valence-electron chi connectivity index (χ2n) is 8.25. The summed E-state index contributed by atoms with van der Waals surface area (Å²) in [5.41, 5.74) is 2.08. The van der Waals surface area contributed by atoms with Crippen LogP contribution in [-0.2, 0) is 27.4 Å². The average molecular weight is 452 g/mol. The zero-order valence-electron chi connectivity index (χ0n) is 18.5. The molecular formula is C25H29N3O3S. The van der Waals surface area contributed by atoms with Gasteiger partial charge in [0.25, 0.3) is 0 Å². The number of hydrogen-bond acceptors (Lipinski definition) is 4. The predicted molar refractivity (Wildman–Crippen MR) is 128 cm³/mol. The van der Waals surface area contributed by atoms with Crippen molar-refractivity contribution in [2.75, 3.05) is 18.8 Å². The molecule has 0 radical (unpaired) electrons. The van der Waals surface area contributed by atoms with E-state index in [1.54, 1.807) is 0 Å². The zero-order valence-corrected chi connectivity index (χ0v) is 19.3. The number of amides is 2. The SMILES string of the molecule is C[C@@H]1CN(C(=O)Cn2cc(SCC(=O)NCc3ccccc3)c3ccccc32)C[C@H](C)O1. The van der Waals surface area contributed by atoms with Gasteiger partial charge in [0.2, 0.25) is 11.8 Å². The van der Waals surface area contributed by atoms with E-state index in [9.17, 15) is 9.59 Å². The normalized spacial score (nSPS) is 18.6. The lowest BCUT2D eigenvalue weighted by Crippen LogP contribution is -2.49. The van der Waals surface area contributed by atoms with Crippen LogP contribution in [0.25, 0.3) is 10.9 Å². The number of fused-ring (bicyclic) bond motifs is 1. The summed E-state index contributed by atoms with van der Waals surface area (Å²) in [6.07, 6.45) is 2.08. The van der Waals surface area contributed by atoms with Crippen LogP contribution in [0.2, 0.25) is 0 Å². The second-order valence-corrected chi connectivity index (χ2v) is 9.26. The van der Waals surface area contributed by atoms with Gasteiger partial charge in [-0.15, -0.1) is 11.8 Å². The molecule has 2 heterocycles. The molecule has 32 heavy (non-hydrogen) atoms. The van der Waals surface area contributed by atoms with Crippen LogP contribution in [0.1, 0.15) is 19.4 Å². The van der Waals surface area contributed by atoms with Crippen LogP contribution in [0.4, 0.5) is 0 Å². The maximum absolute atomic E-state index is 13.0. The molecule has 1 N–H and O–H groups in total. The lowest BCUT2D eigenvalue weighted by molar-refractivity contribution is -0.143. The first kappa shape index (κ1) is 22.4. The van der Waals surface area contributed by atoms with E-state index < -0.39 is 0 Å². The molecule has 2 amide bonds. The Bertz CT molecular complexity index is 1070. The summed E-state index contributed by atoms with van der Waals surface area (Å²) in [7, 11) is 0. The molecule has 0 bridgehead atoms. The third-order valence-electron chi connectivity index (χ3n) is 5.52. The summed E-state index contributed by atoms with van der Waals surface area (Å²) in [6.45, 7) is 6.03. The molecule has 3 aromatic rings. The van der Waals surface area contributed by atoms with Crippen molar-refractivity contribution in [2.45, 2.75) is 44.0 Å². The molecule has 0 saturated carbocycles. The summed E-state index contributed by atoms with van der Waals surface area (Å²) >= 11 is 1.50. The van der Waals surface area contributed by atoms with Gasteiger partial charge in [-0.25, -0.2) is 0 Å². The van der Waals surface area contributed by atoms with Gasteiger partial charge in [-0.05, 0) is 25.5 Å². The average Bonchev–Trinajstić information content (AvgIpc) is 3.14. The maximum atomic E-state index is 13.0. The molecule has 2 aromatic carbocycles. The lowest BCUT2D eigenvalue weighted by atomic mass is 10.2. The van der Waals surface area contributed by atoms with Crippen LogP contribution in [0, 0.1) is 0 Å². The van der Waals surface area contributed by atoms with E-state index in [4.69, 9.17) is 4.74 Å². The predicted octanol–water partition coefficient (Wildman–Crippen LogP) is 3.69. The van der Waals surface area contributed by atoms with Crippen molar-refractivity contribution in [3.63, 3.8) is 0 Å². The molecule has 6 nitrogen and oxygen atoms in total. The minimum Gasteiger partial charge on any atom is -0.372 e. The Labute approximate surface area is 192 Å². The minimum atomic E-state index is -0.0111. The number of nitrogens with one attached hydrogen (secondary N) is 1. The smallest absolute Gasteiger partial charge is 0.242 e. The van der Waals surface area contributed by atoms with E-state index in [-0.39, 0.29) is 30.6 Å². The van der Waals surface area contributed by atoms with Crippen molar-refractivity contribution in [3.8, 4) is 0 Å².